The van der Waals surface area contributed by atoms with E-state index in [0.29, 0.717) is 0 Å². The number of hydrogen-bond acceptors (Lipinski definition) is 2. The van der Waals surface area contributed by atoms with Gasteiger partial charge in [-0.2, -0.15) is 0 Å². The number of aromatic nitrogens is 2. The summed E-state index contributed by atoms with van der Waals surface area (Å²) in [7, 11) is 0. The van der Waals surface area contributed by atoms with Gasteiger partial charge in [-0.3, -0.25) is 9.97 Å². The maximum atomic E-state index is 4.19. The van der Waals surface area contributed by atoms with Gasteiger partial charge in [0.15, 0.2) is 0 Å². The molecule has 0 saturated heterocycles. The van der Waals surface area contributed by atoms with E-state index in [0.717, 1.165) is 0 Å². The number of fused-ring (bicyclic) bond motifs is 2. The Morgan fingerprint density at radius 3 is 1.00 bits per heavy atom. The highest BCUT2D eigenvalue weighted by atomic mass is 14.6. The van der Waals surface area contributed by atoms with Gasteiger partial charge in [0.1, 0.15) is 0 Å². The Labute approximate surface area is 221 Å². The van der Waals surface area contributed by atoms with Gasteiger partial charge in [-0.15, -0.1) is 0 Å². The third kappa shape index (κ3) is 3.84. The fraction of sp³-hybridized carbons (Fsp3) is 0. The average Bonchev–Trinajstić information content (AvgIpc) is 3.01. The Hall–Kier alpha value is -5.08. The molecular formula is C36H24N2. The molecular weight excluding hydrogens is 460 g/mol. The topological polar surface area (TPSA) is 25.8 Å². The molecule has 38 heavy (non-hydrogen) atoms. The van der Waals surface area contributed by atoms with Gasteiger partial charge < -0.3 is 0 Å². The van der Waals surface area contributed by atoms with Gasteiger partial charge in [-0.05, 0) is 102 Å². The van der Waals surface area contributed by atoms with E-state index >= 15 is 0 Å². The Balaban J connectivity index is 1.51. The first kappa shape index (κ1) is 22.1. The Morgan fingerprint density at radius 2 is 0.632 bits per heavy atom. The van der Waals surface area contributed by atoms with Crippen molar-refractivity contribution in [3.05, 3.63) is 146 Å². The van der Waals surface area contributed by atoms with Crippen LogP contribution in [0.1, 0.15) is 0 Å². The molecule has 0 amide bonds. The molecule has 2 aromatic heterocycles. The summed E-state index contributed by atoms with van der Waals surface area (Å²) in [6.45, 7) is 0. The lowest BCUT2D eigenvalue weighted by molar-refractivity contribution is 1.33. The van der Waals surface area contributed by atoms with E-state index in [4.69, 9.17) is 0 Å². The van der Waals surface area contributed by atoms with Crippen LogP contribution in [0.25, 0.3) is 66.1 Å². The fourth-order valence-corrected chi connectivity index (χ4v) is 5.55. The lowest BCUT2D eigenvalue weighted by Gasteiger charge is -2.18. The molecule has 0 saturated carbocycles. The van der Waals surface area contributed by atoms with Gasteiger partial charge in [-0.1, -0.05) is 84.9 Å². The second-order valence-corrected chi connectivity index (χ2v) is 9.47. The van der Waals surface area contributed by atoms with Crippen LogP contribution in [-0.4, -0.2) is 9.97 Å². The van der Waals surface area contributed by atoms with Crippen molar-refractivity contribution in [3.8, 4) is 44.5 Å². The molecule has 0 spiro atoms. The van der Waals surface area contributed by atoms with Gasteiger partial charge >= 0.3 is 0 Å². The zero-order valence-electron chi connectivity index (χ0n) is 20.8. The Morgan fingerprint density at radius 1 is 0.289 bits per heavy atom. The number of benzene rings is 5. The van der Waals surface area contributed by atoms with Crippen molar-refractivity contribution in [3.63, 3.8) is 0 Å². The van der Waals surface area contributed by atoms with Crippen LogP contribution < -0.4 is 0 Å². The summed E-state index contributed by atoms with van der Waals surface area (Å²) in [6.07, 6.45) is 7.40. The van der Waals surface area contributed by atoms with Crippen molar-refractivity contribution < 1.29 is 0 Å². The molecule has 0 aliphatic rings. The minimum Gasteiger partial charge on any atom is -0.265 e. The van der Waals surface area contributed by atoms with Crippen LogP contribution in [0.2, 0.25) is 0 Å². The molecule has 0 unspecified atom stereocenters. The average molecular weight is 485 g/mol. The van der Waals surface area contributed by atoms with Crippen LogP contribution in [0, 0.1) is 0 Å². The van der Waals surface area contributed by atoms with E-state index in [2.05, 4.69) is 131 Å². The second kappa shape index (κ2) is 9.42. The highest BCUT2D eigenvalue weighted by molar-refractivity contribution is 6.21. The highest BCUT2D eigenvalue weighted by Gasteiger charge is 2.17. The molecule has 0 atom stereocenters. The molecule has 0 aliphatic carbocycles. The van der Waals surface area contributed by atoms with Crippen LogP contribution in [0.15, 0.2) is 146 Å². The van der Waals surface area contributed by atoms with Gasteiger partial charge in [0.25, 0.3) is 0 Å². The van der Waals surface area contributed by atoms with Gasteiger partial charge in [0.05, 0.1) is 0 Å². The highest BCUT2D eigenvalue weighted by Crippen LogP contribution is 2.44. The van der Waals surface area contributed by atoms with Crippen LogP contribution in [0.4, 0.5) is 0 Å². The van der Waals surface area contributed by atoms with Gasteiger partial charge in [-0.25, -0.2) is 0 Å². The first-order chi connectivity index (χ1) is 18.9. The van der Waals surface area contributed by atoms with Crippen molar-refractivity contribution in [2.75, 3.05) is 0 Å². The number of nitrogens with zero attached hydrogens (tertiary/aromatic N) is 2. The molecule has 0 radical (unpaired) electrons. The molecule has 0 bridgehead atoms. The molecule has 0 N–H and O–H groups in total. The largest absolute Gasteiger partial charge is 0.265 e. The summed E-state index contributed by atoms with van der Waals surface area (Å²) in [5, 5.41) is 5.01. The first-order valence-corrected chi connectivity index (χ1v) is 12.8. The Kier molecular flexibility index (Phi) is 5.49. The number of pyridine rings is 2. The van der Waals surface area contributed by atoms with E-state index in [1.807, 2.05) is 24.8 Å². The predicted molar refractivity (Wildman–Crippen MR) is 159 cm³/mol. The molecule has 2 heterocycles. The summed E-state index contributed by atoms with van der Waals surface area (Å²) < 4.78 is 0. The zero-order chi connectivity index (χ0) is 25.3. The molecule has 7 rings (SSSR count). The molecule has 5 aromatic carbocycles. The Bertz CT molecular complexity index is 1710. The van der Waals surface area contributed by atoms with E-state index in [1.165, 1.54) is 66.1 Å². The van der Waals surface area contributed by atoms with Crippen molar-refractivity contribution in [1.29, 1.82) is 0 Å². The minimum absolute atomic E-state index is 1.17. The number of hydrogen-bond donors (Lipinski definition) is 0. The monoisotopic (exact) mass is 484 g/mol. The van der Waals surface area contributed by atoms with Crippen molar-refractivity contribution >= 4 is 21.5 Å². The maximum Gasteiger partial charge on any atom is 0.0273 e. The van der Waals surface area contributed by atoms with Gasteiger partial charge in [0.2, 0.25) is 0 Å². The SMILES string of the molecule is c1cc(-c2ccncc2)cc(-c2c3ccccc3c(-c3cccc(-c4ccncc4)c3)c3ccccc23)c1. The smallest absolute Gasteiger partial charge is 0.0273 e. The summed E-state index contributed by atoms with van der Waals surface area (Å²) in [5.74, 6) is 0. The van der Waals surface area contributed by atoms with E-state index in [1.54, 1.807) is 0 Å². The van der Waals surface area contributed by atoms with E-state index < -0.39 is 0 Å². The number of rotatable bonds is 4. The van der Waals surface area contributed by atoms with E-state index in [9.17, 15) is 0 Å². The molecule has 7 aromatic rings. The molecule has 0 aliphatic heterocycles. The second-order valence-electron chi connectivity index (χ2n) is 9.47. The quantitative estimate of drug-likeness (QED) is 0.233. The summed E-state index contributed by atoms with van der Waals surface area (Å²) in [6, 6.07) is 43.5. The lowest BCUT2D eigenvalue weighted by Crippen LogP contribution is -1.91. The molecule has 2 nitrogen and oxygen atoms in total. The van der Waals surface area contributed by atoms with Crippen LogP contribution in [-0.2, 0) is 0 Å². The van der Waals surface area contributed by atoms with Crippen LogP contribution in [0.3, 0.4) is 0 Å². The van der Waals surface area contributed by atoms with Crippen molar-refractivity contribution in [1.82, 2.24) is 9.97 Å². The van der Waals surface area contributed by atoms with Gasteiger partial charge in [0, 0.05) is 24.8 Å². The third-order valence-corrected chi connectivity index (χ3v) is 7.26. The molecule has 2 heteroatoms. The van der Waals surface area contributed by atoms with Crippen molar-refractivity contribution in [2.24, 2.45) is 0 Å². The minimum atomic E-state index is 1.17. The molecule has 0 fully saturated rings. The van der Waals surface area contributed by atoms with E-state index in [-0.39, 0.29) is 0 Å². The lowest BCUT2D eigenvalue weighted by atomic mass is 9.85. The first-order valence-electron chi connectivity index (χ1n) is 12.8. The molecule has 178 valence electrons. The summed E-state index contributed by atoms with van der Waals surface area (Å²) in [4.78, 5) is 8.39. The standard InChI is InChI=1S/C36H24N2/c1-2-12-32-31(11-1)35(29-9-5-7-27(23-29)25-15-19-37-20-16-25)33-13-3-4-14-34(33)36(32)30-10-6-8-28(24-30)26-17-21-38-22-18-26/h1-24H. The third-order valence-electron chi connectivity index (χ3n) is 7.26. The summed E-state index contributed by atoms with van der Waals surface area (Å²) in [5.41, 5.74) is 9.66. The summed E-state index contributed by atoms with van der Waals surface area (Å²) >= 11 is 0. The zero-order valence-corrected chi connectivity index (χ0v) is 20.8. The normalized spacial score (nSPS) is 11.2. The predicted octanol–water partition coefficient (Wildman–Crippen LogP) is 9.45. The fourth-order valence-electron chi connectivity index (χ4n) is 5.55. The van der Waals surface area contributed by atoms with Crippen LogP contribution in [0.5, 0.6) is 0 Å². The van der Waals surface area contributed by atoms with Crippen LogP contribution >= 0.6 is 0 Å². The van der Waals surface area contributed by atoms with Crippen molar-refractivity contribution in [2.45, 2.75) is 0 Å². The maximum absolute atomic E-state index is 4.19.